The topological polar surface area (TPSA) is 46.2 Å². The summed E-state index contributed by atoms with van der Waals surface area (Å²) in [7, 11) is -11.2. The minimum atomic E-state index is -3.33. The predicted molar refractivity (Wildman–Crippen MR) is 141 cm³/mol. The molecule has 172 valence electrons. The Bertz CT molecular complexity index is 689. The molecule has 31 heavy (non-hydrogen) atoms. The molecule has 2 aromatic carbocycles. The highest BCUT2D eigenvalue weighted by Gasteiger charge is 2.57. The second-order valence-corrected chi connectivity index (χ2v) is 22.2. The second-order valence-electron chi connectivity index (χ2n) is 8.61. The van der Waals surface area contributed by atoms with Gasteiger partial charge in [-0.3, -0.25) is 0 Å². The monoisotopic (exact) mass is 510 g/mol. The third-order valence-corrected chi connectivity index (χ3v) is 18.5. The lowest BCUT2D eigenvalue weighted by Crippen LogP contribution is -2.71. The first kappa shape index (κ1) is 26.6. The molecule has 0 radical (unpaired) electrons. The minimum absolute atomic E-state index is 0.0605. The average Bonchev–Trinajstić information content (AvgIpc) is 2.67. The van der Waals surface area contributed by atoms with Gasteiger partial charge in [-0.2, -0.15) is 0 Å². The SMILES string of the molecule is CC(C)O[Si](O[SiH](C)C)(O[Si](O[SiH](C)C)(O[SiH](C)C)c1ccccc1)c1ccccc1. The summed E-state index contributed by atoms with van der Waals surface area (Å²) >= 11 is 0. The number of hydrogen-bond donors (Lipinski definition) is 0. The summed E-state index contributed by atoms with van der Waals surface area (Å²) in [5, 5.41) is 1.94. The van der Waals surface area contributed by atoms with Crippen LogP contribution in [0, 0.1) is 0 Å². The molecule has 1 atom stereocenters. The van der Waals surface area contributed by atoms with Gasteiger partial charge in [0.1, 0.15) is 0 Å². The lowest BCUT2D eigenvalue weighted by atomic mass is 10.4. The van der Waals surface area contributed by atoms with E-state index in [1.54, 1.807) is 0 Å². The summed E-state index contributed by atoms with van der Waals surface area (Å²) in [6.45, 7) is 17.0. The first-order chi connectivity index (χ1) is 14.6. The predicted octanol–water partition coefficient (Wildman–Crippen LogP) is 3.12. The smallest absolute Gasteiger partial charge is 0.416 e. The van der Waals surface area contributed by atoms with Crippen molar-refractivity contribution in [2.45, 2.75) is 59.2 Å². The van der Waals surface area contributed by atoms with E-state index in [2.05, 4.69) is 63.5 Å². The second kappa shape index (κ2) is 12.0. The summed E-state index contributed by atoms with van der Waals surface area (Å²) in [5.74, 6) is 0. The fourth-order valence-corrected chi connectivity index (χ4v) is 19.7. The lowest BCUT2D eigenvalue weighted by Gasteiger charge is -2.42. The van der Waals surface area contributed by atoms with Crippen LogP contribution in [0.1, 0.15) is 13.8 Å². The standard InChI is InChI=1S/C21H38O5Si5/c1-19(2)22-30(23-27(3)4,20-15-11-9-12-16-20)26-31(24-28(5)6,25-29(7)8)21-17-13-10-14-18-21/h9-19,27-29H,1-8H3. The molecule has 0 aliphatic carbocycles. The molecule has 0 spiro atoms. The van der Waals surface area contributed by atoms with Gasteiger partial charge in [0.2, 0.25) is 0 Å². The van der Waals surface area contributed by atoms with Gasteiger partial charge in [0.15, 0.2) is 27.1 Å². The van der Waals surface area contributed by atoms with Crippen LogP contribution in [-0.4, -0.2) is 50.8 Å². The van der Waals surface area contributed by atoms with Crippen LogP contribution in [0.3, 0.4) is 0 Å². The van der Waals surface area contributed by atoms with Crippen LogP contribution in [-0.2, 0) is 20.9 Å². The van der Waals surface area contributed by atoms with Gasteiger partial charge < -0.3 is 20.9 Å². The van der Waals surface area contributed by atoms with E-state index in [4.69, 9.17) is 20.9 Å². The number of benzene rings is 2. The molecular weight excluding hydrogens is 473 g/mol. The molecule has 0 aliphatic rings. The zero-order valence-electron chi connectivity index (χ0n) is 20.1. The molecule has 0 fully saturated rings. The van der Waals surface area contributed by atoms with Crippen LogP contribution in [0.4, 0.5) is 0 Å². The van der Waals surface area contributed by atoms with Gasteiger partial charge in [-0.15, -0.1) is 0 Å². The summed E-state index contributed by atoms with van der Waals surface area (Å²) in [5.41, 5.74) is 0. The van der Waals surface area contributed by atoms with Gasteiger partial charge in [0.25, 0.3) is 0 Å². The van der Waals surface area contributed by atoms with Crippen LogP contribution in [0.5, 0.6) is 0 Å². The first-order valence-electron chi connectivity index (χ1n) is 11.1. The molecule has 0 amide bonds. The van der Waals surface area contributed by atoms with E-state index < -0.39 is 44.7 Å². The quantitative estimate of drug-likeness (QED) is 0.411. The van der Waals surface area contributed by atoms with Crippen LogP contribution in [0.15, 0.2) is 60.7 Å². The highest BCUT2D eigenvalue weighted by Crippen LogP contribution is 2.24. The minimum Gasteiger partial charge on any atom is -0.416 e. The Labute approximate surface area is 195 Å². The Kier molecular flexibility index (Phi) is 10.3. The fraction of sp³-hybridized carbons (Fsp3) is 0.429. The lowest BCUT2D eigenvalue weighted by molar-refractivity contribution is 0.113. The van der Waals surface area contributed by atoms with Crippen molar-refractivity contribution >= 4 is 55.1 Å². The summed E-state index contributed by atoms with van der Waals surface area (Å²) < 4.78 is 33.9. The third-order valence-electron chi connectivity index (χ3n) is 4.09. The third kappa shape index (κ3) is 7.70. The highest BCUT2D eigenvalue weighted by molar-refractivity contribution is 6.94. The van der Waals surface area contributed by atoms with Crippen molar-refractivity contribution in [3.8, 4) is 0 Å². The molecule has 0 N–H and O–H groups in total. The van der Waals surface area contributed by atoms with Gasteiger partial charge >= 0.3 is 17.6 Å². The Balaban J connectivity index is 2.73. The maximum absolute atomic E-state index is 7.13. The van der Waals surface area contributed by atoms with Crippen molar-refractivity contribution in [3.63, 3.8) is 0 Å². The molecule has 10 heteroatoms. The van der Waals surface area contributed by atoms with Crippen molar-refractivity contribution < 1.29 is 20.9 Å². The van der Waals surface area contributed by atoms with Crippen molar-refractivity contribution in [3.05, 3.63) is 60.7 Å². The van der Waals surface area contributed by atoms with Gasteiger partial charge in [0, 0.05) is 16.5 Å². The highest BCUT2D eigenvalue weighted by atomic mass is 28.5. The molecule has 2 rings (SSSR count). The van der Waals surface area contributed by atoms with E-state index in [-0.39, 0.29) is 6.10 Å². The Morgan fingerprint density at radius 2 is 0.935 bits per heavy atom. The summed E-state index contributed by atoms with van der Waals surface area (Å²) in [6.07, 6.45) is -0.0605. The van der Waals surface area contributed by atoms with Gasteiger partial charge in [-0.25, -0.2) is 0 Å². The largest absolute Gasteiger partial charge is 0.519 e. The normalized spacial score (nSPS) is 14.6. The molecule has 5 nitrogen and oxygen atoms in total. The zero-order chi connectivity index (χ0) is 23.1. The van der Waals surface area contributed by atoms with Crippen molar-refractivity contribution in [2.75, 3.05) is 0 Å². The van der Waals surface area contributed by atoms with E-state index in [1.807, 2.05) is 50.2 Å². The maximum atomic E-state index is 7.13. The molecule has 2 aromatic rings. The van der Waals surface area contributed by atoms with Crippen molar-refractivity contribution in [1.82, 2.24) is 0 Å². The van der Waals surface area contributed by atoms with E-state index in [9.17, 15) is 0 Å². The van der Waals surface area contributed by atoms with Crippen LogP contribution < -0.4 is 10.4 Å². The molecule has 0 aromatic heterocycles. The Morgan fingerprint density at radius 3 is 1.29 bits per heavy atom. The van der Waals surface area contributed by atoms with Crippen LogP contribution >= 0.6 is 0 Å². The van der Waals surface area contributed by atoms with E-state index in [1.165, 1.54) is 0 Å². The molecule has 0 heterocycles. The van der Waals surface area contributed by atoms with Crippen LogP contribution in [0.2, 0.25) is 39.3 Å². The average molecular weight is 511 g/mol. The number of rotatable bonds is 12. The summed E-state index contributed by atoms with van der Waals surface area (Å²) in [4.78, 5) is 0. The molecular formula is C21H38O5Si5. The van der Waals surface area contributed by atoms with E-state index in [0.717, 1.165) is 10.4 Å². The zero-order valence-corrected chi connectivity index (χ0v) is 25.6. The number of hydrogen-bond acceptors (Lipinski definition) is 5. The van der Waals surface area contributed by atoms with Crippen molar-refractivity contribution in [2.24, 2.45) is 0 Å². The summed E-state index contributed by atoms with van der Waals surface area (Å²) in [6, 6.07) is 20.3. The molecule has 0 saturated heterocycles. The molecule has 1 unspecified atom stereocenters. The maximum Gasteiger partial charge on any atom is 0.519 e. The van der Waals surface area contributed by atoms with Gasteiger partial charge in [-0.05, 0) is 53.1 Å². The van der Waals surface area contributed by atoms with Crippen LogP contribution in [0.25, 0.3) is 0 Å². The molecule has 0 aliphatic heterocycles. The van der Waals surface area contributed by atoms with Gasteiger partial charge in [-0.1, -0.05) is 60.7 Å². The molecule has 0 bridgehead atoms. The first-order valence-corrected chi connectivity index (χ1v) is 22.9. The van der Waals surface area contributed by atoms with Crippen molar-refractivity contribution in [1.29, 1.82) is 0 Å². The Hall–Kier alpha value is -0.676. The van der Waals surface area contributed by atoms with E-state index >= 15 is 0 Å². The Morgan fingerprint density at radius 1 is 0.581 bits per heavy atom. The molecule has 0 saturated carbocycles. The van der Waals surface area contributed by atoms with E-state index in [0.29, 0.717) is 0 Å². The fourth-order valence-electron chi connectivity index (χ4n) is 3.24. The van der Waals surface area contributed by atoms with Gasteiger partial charge in [0.05, 0.1) is 0 Å².